The van der Waals surface area contributed by atoms with Gasteiger partial charge >= 0.3 is 6.18 Å². The van der Waals surface area contributed by atoms with Crippen molar-refractivity contribution in [2.75, 3.05) is 0 Å². The fourth-order valence-electron chi connectivity index (χ4n) is 4.16. The van der Waals surface area contributed by atoms with Gasteiger partial charge < -0.3 is 0 Å². The molecule has 0 spiro atoms. The second-order valence-corrected chi connectivity index (χ2v) is 7.18. The first kappa shape index (κ1) is 16.1. The van der Waals surface area contributed by atoms with Gasteiger partial charge in [0.25, 0.3) is 0 Å². The molecule has 0 nitrogen and oxygen atoms in total. The highest BCUT2D eigenvalue weighted by molar-refractivity contribution is 5.01. The maximum absolute atomic E-state index is 15.2. The highest BCUT2D eigenvalue weighted by Gasteiger charge is 2.64. The van der Waals surface area contributed by atoms with Crippen LogP contribution in [0, 0.1) is 23.7 Å². The van der Waals surface area contributed by atoms with Gasteiger partial charge in [-0.2, -0.15) is 13.2 Å². The maximum atomic E-state index is 15.2. The highest BCUT2D eigenvalue weighted by atomic mass is 19.4. The maximum Gasteiger partial charge on any atom is 0.423 e. The molecule has 0 unspecified atom stereocenters. The molecule has 0 radical (unpaired) electrons. The number of rotatable bonds is 2. The van der Waals surface area contributed by atoms with Crippen LogP contribution >= 0.6 is 0 Å². The topological polar surface area (TPSA) is 0 Å². The summed E-state index contributed by atoms with van der Waals surface area (Å²) in [6, 6.07) is 0. The van der Waals surface area contributed by atoms with Gasteiger partial charge in [-0.3, -0.25) is 0 Å². The van der Waals surface area contributed by atoms with Crippen molar-refractivity contribution in [3.8, 4) is 0 Å². The Kier molecular flexibility index (Phi) is 4.70. The number of alkyl halides is 4. The lowest BCUT2D eigenvalue weighted by Crippen LogP contribution is -2.54. The summed E-state index contributed by atoms with van der Waals surface area (Å²) in [5, 5.41) is 0. The van der Waals surface area contributed by atoms with Crippen molar-refractivity contribution in [1.29, 1.82) is 0 Å². The molecule has 0 bridgehead atoms. The van der Waals surface area contributed by atoms with Gasteiger partial charge in [0.2, 0.25) is 5.67 Å². The van der Waals surface area contributed by atoms with Crippen LogP contribution in [0.15, 0.2) is 0 Å². The van der Waals surface area contributed by atoms with Crippen molar-refractivity contribution >= 4 is 0 Å². The van der Waals surface area contributed by atoms with E-state index in [1.807, 2.05) is 13.8 Å². The van der Waals surface area contributed by atoms with Crippen molar-refractivity contribution in [1.82, 2.24) is 0 Å². The predicted octanol–water partition coefficient (Wildman–Crippen LogP) is 5.91. The summed E-state index contributed by atoms with van der Waals surface area (Å²) in [5.74, 6) is -0.764. The molecule has 0 aromatic heterocycles. The Morgan fingerprint density at radius 2 is 0.900 bits per heavy atom. The Hall–Kier alpha value is -0.280. The number of halogens is 4. The molecule has 2 rings (SSSR count). The van der Waals surface area contributed by atoms with Gasteiger partial charge in [-0.1, -0.05) is 39.5 Å². The Labute approximate surface area is 119 Å². The molecule has 2 saturated carbocycles. The van der Waals surface area contributed by atoms with Crippen LogP contribution in [0.3, 0.4) is 0 Å². The summed E-state index contributed by atoms with van der Waals surface area (Å²) >= 11 is 0. The van der Waals surface area contributed by atoms with Crippen LogP contribution in [0.5, 0.6) is 0 Å². The van der Waals surface area contributed by atoms with Crippen LogP contribution in [-0.4, -0.2) is 11.8 Å². The van der Waals surface area contributed by atoms with Crippen molar-refractivity contribution in [3.63, 3.8) is 0 Å². The van der Waals surface area contributed by atoms with E-state index in [1.165, 1.54) is 0 Å². The lowest BCUT2D eigenvalue weighted by atomic mass is 9.65. The molecule has 0 aromatic carbocycles. The zero-order chi connectivity index (χ0) is 15.0. The molecular weight excluding hydrogens is 268 g/mol. The summed E-state index contributed by atoms with van der Waals surface area (Å²) < 4.78 is 55.7. The van der Waals surface area contributed by atoms with Crippen LogP contribution in [0.1, 0.15) is 65.2 Å². The average Bonchev–Trinajstić information content (AvgIpc) is 2.38. The van der Waals surface area contributed by atoms with E-state index in [4.69, 9.17) is 0 Å². The molecule has 118 valence electrons. The molecule has 2 fully saturated rings. The van der Waals surface area contributed by atoms with Crippen molar-refractivity contribution in [2.45, 2.75) is 77.1 Å². The van der Waals surface area contributed by atoms with Crippen LogP contribution in [0.4, 0.5) is 17.6 Å². The minimum Gasteiger partial charge on any atom is -0.233 e. The van der Waals surface area contributed by atoms with E-state index in [1.54, 1.807) is 0 Å². The highest BCUT2D eigenvalue weighted by Crippen LogP contribution is 2.54. The van der Waals surface area contributed by atoms with Crippen molar-refractivity contribution in [3.05, 3.63) is 0 Å². The van der Waals surface area contributed by atoms with E-state index in [0.29, 0.717) is 37.5 Å². The molecule has 0 N–H and O–H groups in total. The van der Waals surface area contributed by atoms with Crippen molar-refractivity contribution in [2.24, 2.45) is 23.7 Å². The molecule has 4 heteroatoms. The van der Waals surface area contributed by atoms with E-state index < -0.39 is 23.7 Å². The first-order chi connectivity index (χ1) is 9.25. The summed E-state index contributed by atoms with van der Waals surface area (Å²) in [4.78, 5) is 0. The van der Waals surface area contributed by atoms with E-state index in [2.05, 4.69) is 0 Å². The molecule has 2 aliphatic carbocycles. The third-order valence-corrected chi connectivity index (χ3v) is 5.65. The quantitative estimate of drug-likeness (QED) is 0.555. The fraction of sp³-hybridized carbons (Fsp3) is 1.00. The van der Waals surface area contributed by atoms with Gasteiger partial charge in [0.1, 0.15) is 0 Å². The van der Waals surface area contributed by atoms with Crippen molar-refractivity contribution < 1.29 is 17.6 Å². The van der Waals surface area contributed by atoms with E-state index in [-0.39, 0.29) is 0 Å². The van der Waals surface area contributed by atoms with E-state index in [9.17, 15) is 13.2 Å². The van der Waals surface area contributed by atoms with Crippen LogP contribution in [-0.2, 0) is 0 Å². The second kappa shape index (κ2) is 5.84. The lowest BCUT2D eigenvalue weighted by molar-refractivity contribution is -0.275. The predicted molar refractivity (Wildman–Crippen MR) is 72.1 cm³/mol. The van der Waals surface area contributed by atoms with Gasteiger partial charge in [-0.05, 0) is 37.5 Å². The summed E-state index contributed by atoms with van der Waals surface area (Å²) in [6.07, 6.45) is -0.224. The van der Waals surface area contributed by atoms with Gasteiger partial charge in [0, 0.05) is 11.8 Å². The normalized spacial score (nSPS) is 39.3. The zero-order valence-corrected chi connectivity index (χ0v) is 12.5. The first-order valence-corrected chi connectivity index (χ1v) is 8.00. The third-order valence-electron chi connectivity index (χ3n) is 5.65. The number of hydrogen-bond acceptors (Lipinski definition) is 0. The smallest absolute Gasteiger partial charge is 0.233 e. The Bertz CT molecular complexity index is 285. The second-order valence-electron chi connectivity index (χ2n) is 7.18. The Morgan fingerprint density at radius 1 is 0.600 bits per heavy atom. The Balaban J connectivity index is 2.17. The largest absolute Gasteiger partial charge is 0.423 e. The standard InChI is InChI=1S/C16H26F4/c1-11-3-7-13(8-4-11)15(17,16(18,19)20)14-9-5-12(2)6-10-14/h11-14H,3-10H2,1-2H3. The molecule has 20 heavy (non-hydrogen) atoms. The molecule has 0 atom stereocenters. The lowest BCUT2D eigenvalue weighted by Gasteiger charge is -2.45. The fourth-order valence-corrected chi connectivity index (χ4v) is 4.16. The van der Waals surface area contributed by atoms with Gasteiger partial charge in [0.05, 0.1) is 0 Å². The molecule has 0 amide bonds. The zero-order valence-electron chi connectivity index (χ0n) is 12.5. The van der Waals surface area contributed by atoms with E-state index in [0.717, 1.165) is 25.7 Å². The minimum absolute atomic E-state index is 0.392. The van der Waals surface area contributed by atoms with E-state index >= 15 is 4.39 Å². The third kappa shape index (κ3) is 2.99. The summed E-state index contributed by atoms with van der Waals surface area (Å²) in [5.41, 5.74) is -2.95. The molecule has 0 aliphatic heterocycles. The Morgan fingerprint density at radius 3 is 1.15 bits per heavy atom. The molecule has 0 heterocycles. The van der Waals surface area contributed by atoms with Crippen LogP contribution < -0.4 is 0 Å². The molecule has 0 saturated heterocycles. The monoisotopic (exact) mass is 294 g/mol. The molecular formula is C16H26F4. The average molecular weight is 294 g/mol. The van der Waals surface area contributed by atoms with Crippen LogP contribution in [0.2, 0.25) is 0 Å². The minimum atomic E-state index is -4.72. The number of hydrogen-bond donors (Lipinski definition) is 0. The summed E-state index contributed by atoms with van der Waals surface area (Å²) in [7, 11) is 0. The summed E-state index contributed by atoms with van der Waals surface area (Å²) in [6.45, 7) is 4.10. The molecule has 2 aliphatic rings. The van der Waals surface area contributed by atoms with Gasteiger partial charge in [-0.15, -0.1) is 0 Å². The first-order valence-electron chi connectivity index (χ1n) is 8.00. The van der Waals surface area contributed by atoms with Gasteiger partial charge in [0.15, 0.2) is 0 Å². The van der Waals surface area contributed by atoms with Gasteiger partial charge in [-0.25, -0.2) is 4.39 Å². The molecule has 0 aromatic rings. The van der Waals surface area contributed by atoms with Crippen LogP contribution in [0.25, 0.3) is 0 Å². The SMILES string of the molecule is CC1CCC(C(F)(C2CCC(C)CC2)C(F)(F)F)CC1.